The van der Waals surface area contributed by atoms with Crippen molar-refractivity contribution in [2.75, 3.05) is 0 Å². The van der Waals surface area contributed by atoms with E-state index in [9.17, 15) is 22.4 Å². The molecule has 1 aromatic carbocycles. The molecule has 1 atom stereocenters. The van der Waals surface area contributed by atoms with Gasteiger partial charge in [-0.2, -0.15) is 18.4 Å². The molecule has 5 rings (SSSR count). The van der Waals surface area contributed by atoms with Crippen LogP contribution in [0.25, 0.3) is 0 Å². The number of aliphatic imine (C=N–C) groups is 2. The number of hydrogen-bond acceptors (Lipinski definition) is 7. The van der Waals surface area contributed by atoms with Crippen LogP contribution in [0, 0.1) is 17.1 Å². The smallest absolute Gasteiger partial charge is 0.347 e. The summed E-state index contributed by atoms with van der Waals surface area (Å²) >= 11 is 1.26. The molecule has 1 amide bonds. The monoisotopic (exact) mass is 512 g/mol. The predicted octanol–water partition coefficient (Wildman–Crippen LogP) is 4.95. The average molecular weight is 512 g/mol. The molecule has 0 spiro atoms. The summed E-state index contributed by atoms with van der Waals surface area (Å²) < 4.78 is 54.5. The lowest BCUT2D eigenvalue weighted by molar-refractivity contribution is -0.138. The fraction of sp³-hybridized carbons (Fsp3) is 0.250. The SMILES string of the molecule is N#Cc1ncc(C2=NC(c3ccc(CNC(=O)c4scnc4C4CC4)c(F)c3)N=C2)cc1C(F)(F)F. The van der Waals surface area contributed by atoms with Crippen LogP contribution in [0.5, 0.6) is 0 Å². The Hall–Kier alpha value is -3.98. The van der Waals surface area contributed by atoms with Crippen molar-refractivity contribution in [3.63, 3.8) is 0 Å². The van der Waals surface area contributed by atoms with E-state index in [0.29, 0.717) is 16.4 Å². The van der Waals surface area contributed by atoms with Gasteiger partial charge in [-0.05, 0) is 25.0 Å². The molecule has 1 unspecified atom stereocenters. The number of carbonyl (C=O) groups is 1. The van der Waals surface area contributed by atoms with Gasteiger partial charge in [-0.25, -0.2) is 14.4 Å². The lowest BCUT2D eigenvalue weighted by atomic mass is 10.1. The Morgan fingerprint density at radius 1 is 1.22 bits per heavy atom. The van der Waals surface area contributed by atoms with Crippen molar-refractivity contribution in [2.24, 2.45) is 9.98 Å². The summed E-state index contributed by atoms with van der Waals surface area (Å²) in [6.45, 7) is -0.0213. The second kappa shape index (κ2) is 9.23. The lowest BCUT2D eigenvalue weighted by Gasteiger charge is -2.10. The van der Waals surface area contributed by atoms with Crippen LogP contribution in [-0.4, -0.2) is 27.8 Å². The molecule has 1 N–H and O–H groups in total. The molecule has 12 heteroatoms. The molecule has 0 bridgehead atoms. The van der Waals surface area contributed by atoms with E-state index in [4.69, 9.17) is 5.26 Å². The van der Waals surface area contributed by atoms with Gasteiger partial charge < -0.3 is 5.32 Å². The molecule has 3 aromatic rings. The first-order chi connectivity index (χ1) is 17.2. The highest BCUT2D eigenvalue weighted by Crippen LogP contribution is 2.41. The van der Waals surface area contributed by atoms with Crippen LogP contribution < -0.4 is 5.32 Å². The van der Waals surface area contributed by atoms with Crippen LogP contribution in [0.3, 0.4) is 0 Å². The summed E-state index contributed by atoms with van der Waals surface area (Å²) in [5.74, 6) is -0.546. The first kappa shape index (κ1) is 23.7. The second-order valence-corrected chi connectivity index (χ2v) is 9.13. The van der Waals surface area contributed by atoms with Crippen molar-refractivity contribution in [1.82, 2.24) is 15.3 Å². The molecule has 1 aliphatic heterocycles. The van der Waals surface area contributed by atoms with E-state index >= 15 is 0 Å². The van der Waals surface area contributed by atoms with Crippen LogP contribution in [0.4, 0.5) is 17.6 Å². The molecule has 3 heterocycles. The van der Waals surface area contributed by atoms with E-state index in [2.05, 4.69) is 25.3 Å². The van der Waals surface area contributed by atoms with Crippen LogP contribution in [-0.2, 0) is 12.7 Å². The van der Waals surface area contributed by atoms with Crippen LogP contribution >= 0.6 is 11.3 Å². The Kier molecular flexibility index (Phi) is 6.09. The van der Waals surface area contributed by atoms with E-state index in [1.807, 2.05) is 0 Å². The summed E-state index contributed by atoms with van der Waals surface area (Å²) in [6.07, 6.45) is -1.17. The van der Waals surface area contributed by atoms with Crippen LogP contribution in [0.15, 0.2) is 46.0 Å². The summed E-state index contributed by atoms with van der Waals surface area (Å²) in [4.78, 5) is 29.4. The Morgan fingerprint density at radius 3 is 2.72 bits per heavy atom. The van der Waals surface area contributed by atoms with Crippen molar-refractivity contribution in [3.8, 4) is 6.07 Å². The van der Waals surface area contributed by atoms with Gasteiger partial charge in [0.15, 0.2) is 11.9 Å². The number of pyridine rings is 1. The van der Waals surface area contributed by atoms with E-state index in [-0.39, 0.29) is 29.3 Å². The number of amides is 1. The molecule has 1 saturated carbocycles. The van der Waals surface area contributed by atoms with E-state index in [1.165, 1.54) is 35.8 Å². The normalized spacial score (nSPS) is 17.1. The largest absolute Gasteiger partial charge is 0.419 e. The van der Waals surface area contributed by atoms with Gasteiger partial charge in [0.1, 0.15) is 16.8 Å². The van der Waals surface area contributed by atoms with Gasteiger partial charge in [-0.1, -0.05) is 12.1 Å². The summed E-state index contributed by atoms with van der Waals surface area (Å²) in [6, 6.07) is 6.56. The summed E-state index contributed by atoms with van der Waals surface area (Å²) in [5, 5.41) is 11.6. The number of rotatable bonds is 6. The molecular formula is C24H16F4N6OS. The third-order valence-electron chi connectivity index (χ3n) is 5.77. The van der Waals surface area contributed by atoms with Crippen LogP contribution in [0.1, 0.15) is 68.2 Å². The van der Waals surface area contributed by atoms with Gasteiger partial charge in [0.2, 0.25) is 0 Å². The topological polar surface area (TPSA) is 103 Å². The number of carbonyl (C=O) groups excluding carboxylic acids is 1. The molecule has 0 saturated heterocycles. The van der Waals surface area contributed by atoms with Gasteiger partial charge in [0.25, 0.3) is 5.91 Å². The fourth-order valence-electron chi connectivity index (χ4n) is 3.75. The molecule has 0 radical (unpaired) electrons. The lowest BCUT2D eigenvalue weighted by Crippen LogP contribution is -2.23. The molecular weight excluding hydrogens is 496 g/mol. The Labute approximate surface area is 206 Å². The number of nitrogens with one attached hydrogen (secondary N) is 1. The molecule has 2 aromatic heterocycles. The van der Waals surface area contributed by atoms with Crippen molar-refractivity contribution < 1.29 is 22.4 Å². The minimum absolute atomic E-state index is 0.0213. The molecule has 36 heavy (non-hydrogen) atoms. The minimum atomic E-state index is -4.75. The summed E-state index contributed by atoms with van der Waals surface area (Å²) in [7, 11) is 0. The summed E-state index contributed by atoms with van der Waals surface area (Å²) in [5.41, 5.74) is 1.36. The number of nitrogens with zero attached hydrogens (tertiary/aromatic N) is 5. The van der Waals surface area contributed by atoms with E-state index < -0.39 is 29.4 Å². The molecule has 7 nitrogen and oxygen atoms in total. The quantitative estimate of drug-likeness (QED) is 0.472. The van der Waals surface area contributed by atoms with Gasteiger partial charge in [-0.3, -0.25) is 14.8 Å². The zero-order chi connectivity index (χ0) is 25.4. The highest BCUT2D eigenvalue weighted by Gasteiger charge is 2.35. The highest BCUT2D eigenvalue weighted by molar-refractivity contribution is 7.11. The predicted molar refractivity (Wildman–Crippen MR) is 123 cm³/mol. The number of halogens is 4. The third-order valence-corrected chi connectivity index (χ3v) is 6.62. The first-order valence-corrected chi connectivity index (χ1v) is 11.7. The molecule has 1 fully saturated rings. The minimum Gasteiger partial charge on any atom is -0.347 e. The Morgan fingerprint density at radius 2 is 2.03 bits per heavy atom. The number of thiazole rings is 1. The standard InChI is InChI=1S/C24H16F4N6OS/c25-17-6-13(3-4-14(17)8-32-23(35)21-20(12-1-2-12)33-11-36-21)22-31-10-19(34-22)15-5-16(24(26,27)28)18(7-29)30-9-15/h3-6,9-12,22H,1-2,8H2,(H,32,35). The number of alkyl halides is 3. The van der Waals surface area contributed by atoms with E-state index in [1.54, 1.807) is 11.6 Å². The first-order valence-electron chi connectivity index (χ1n) is 10.8. The van der Waals surface area contributed by atoms with Crippen molar-refractivity contribution in [2.45, 2.75) is 37.6 Å². The second-order valence-electron chi connectivity index (χ2n) is 8.27. The fourth-order valence-corrected chi connectivity index (χ4v) is 4.55. The molecule has 2 aliphatic rings. The molecule has 182 valence electrons. The third kappa shape index (κ3) is 4.74. The Balaban J connectivity index is 1.29. The van der Waals surface area contributed by atoms with Crippen molar-refractivity contribution >= 4 is 29.2 Å². The molecule has 1 aliphatic carbocycles. The zero-order valence-corrected chi connectivity index (χ0v) is 19.2. The van der Waals surface area contributed by atoms with E-state index in [0.717, 1.165) is 30.8 Å². The zero-order valence-electron chi connectivity index (χ0n) is 18.4. The highest BCUT2D eigenvalue weighted by atomic mass is 32.1. The number of nitriles is 1. The Bertz CT molecular complexity index is 1450. The maximum Gasteiger partial charge on any atom is 0.419 e. The van der Waals surface area contributed by atoms with Gasteiger partial charge in [0, 0.05) is 35.3 Å². The maximum absolute atomic E-state index is 14.8. The van der Waals surface area contributed by atoms with Crippen LogP contribution in [0.2, 0.25) is 0 Å². The van der Waals surface area contributed by atoms with Gasteiger partial charge in [0.05, 0.1) is 28.7 Å². The number of hydrogen-bond donors (Lipinski definition) is 1. The van der Waals surface area contributed by atoms with Gasteiger partial charge >= 0.3 is 6.18 Å². The maximum atomic E-state index is 14.8. The van der Waals surface area contributed by atoms with Crippen molar-refractivity contribution in [1.29, 1.82) is 5.26 Å². The number of aromatic nitrogens is 2. The van der Waals surface area contributed by atoms with Crippen molar-refractivity contribution in [3.05, 3.63) is 80.3 Å². The van der Waals surface area contributed by atoms with Gasteiger partial charge in [-0.15, -0.1) is 11.3 Å². The average Bonchev–Trinajstić information content (AvgIpc) is 3.37. The number of benzene rings is 1.